The number of rotatable bonds is 1. The molecule has 0 atom stereocenters. The van der Waals surface area contributed by atoms with E-state index in [1.54, 1.807) is 0 Å². The fourth-order valence-corrected chi connectivity index (χ4v) is 0.0772. The Morgan fingerprint density at radius 2 is 1.78 bits per heavy atom. The fourth-order valence-electron chi connectivity index (χ4n) is 0.0257. The van der Waals surface area contributed by atoms with Gasteiger partial charge in [-0.05, 0) is 0 Å². The van der Waals surface area contributed by atoms with E-state index in [9.17, 15) is 4.79 Å². The van der Waals surface area contributed by atoms with Gasteiger partial charge in [0.1, 0.15) is 0 Å². The summed E-state index contributed by atoms with van der Waals surface area (Å²) >= 11 is 9.94. The summed E-state index contributed by atoms with van der Waals surface area (Å²) in [7, 11) is 0. The second kappa shape index (κ2) is 10.4. The topological polar surface area (TPSA) is 54.4 Å². The van der Waals surface area contributed by atoms with Gasteiger partial charge in [0.2, 0.25) is 0 Å². The molecule has 5 heteroatoms. The predicted octanol–water partition coefficient (Wildman–Crippen LogP) is 1.21. The monoisotopic (exact) mass is 170 g/mol. The van der Waals surface area contributed by atoms with Gasteiger partial charge >= 0.3 is 0 Å². The van der Waals surface area contributed by atoms with Gasteiger partial charge in [-0.3, -0.25) is 9.59 Å². The summed E-state index contributed by atoms with van der Waals surface area (Å²) < 4.78 is 0. The zero-order valence-corrected chi connectivity index (χ0v) is 5.76. The zero-order chi connectivity index (χ0) is 7.70. The highest BCUT2D eigenvalue weighted by Gasteiger charge is 1.78. The van der Waals surface area contributed by atoms with Crippen molar-refractivity contribution in [2.75, 3.05) is 0 Å². The molecule has 0 spiro atoms. The Kier molecular flexibility index (Phi) is 13.1. The molecule has 0 fully saturated rings. The summed E-state index contributed by atoms with van der Waals surface area (Å²) in [5.41, 5.74) is 1.01. The van der Waals surface area contributed by atoms with Crippen molar-refractivity contribution in [2.45, 2.75) is 0 Å². The van der Waals surface area contributed by atoms with Crippen LogP contribution in [0.5, 0.6) is 0 Å². The largest absolute Gasteiger partial charge is 0.483 e. The number of hydrogen-bond donors (Lipinski definition) is 1. The van der Waals surface area contributed by atoms with Gasteiger partial charge < -0.3 is 5.11 Å². The summed E-state index contributed by atoms with van der Waals surface area (Å²) in [6, 6.07) is 0. The van der Waals surface area contributed by atoms with Crippen molar-refractivity contribution in [1.29, 1.82) is 0 Å². The maximum atomic E-state index is 9.45. The van der Waals surface area contributed by atoms with E-state index in [0.717, 1.165) is 5.54 Å². The van der Waals surface area contributed by atoms with E-state index in [1.165, 1.54) is 0 Å². The molecule has 0 radical (unpaired) electrons. The van der Waals surface area contributed by atoms with Gasteiger partial charge in [0.25, 0.3) is 6.47 Å². The van der Waals surface area contributed by atoms with E-state index in [4.69, 9.17) is 33.1 Å². The van der Waals surface area contributed by atoms with Crippen molar-refractivity contribution in [1.82, 2.24) is 0 Å². The lowest BCUT2D eigenvalue weighted by Crippen LogP contribution is -1.63. The molecule has 0 aliphatic carbocycles. The van der Waals surface area contributed by atoms with Gasteiger partial charge in [-0.1, -0.05) is 23.2 Å². The first-order chi connectivity index (χ1) is 4.22. The quantitative estimate of drug-likeness (QED) is 0.476. The highest BCUT2D eigenvalue weighted by atomic mass is 35.5. The molecule has 0 amide bonds. The van der Waals surface area contributed by atoms with Crippen LogP contribution in [0.3, 0.4) is 0 Å². The van der Waals surface area contributed by atoms with Crippen molar-refractivity contribution < 1.29 is 14.7 Å². The molecule has 0 rings (SSSR count). The first kappa shape index (κ1) is 11.3. The Morgan fingerprint density at radius 1 is 1.44 bits per heavy atom. The van der Waals surface area contributed by atoms with Gasteiger partial charge in [-0.2, -0.15) is 0 Å². The van der Waals surface area contributed by atoms with Crippen molar-refractivity contribution in [2.24, 2.45) is 0 Å². The highest BCUT2D eigenvalue weighted by Crippen LogP contribution is 1.95. The number of carboxylic acid groups (broad SMARTS) is 1. The summed E-state index contributed by atoms with van der Waals surface area (Å²) in [5, 5.41) is 6.91. The molecule has 3 nitrogen and oxygen atoms in total. The van der Waals surface area contributed by atoms with Gasteiger partial charge in [-0.25, -0.2) is 0 Å². The summed E-state index contributed by atoms with van der Waals surface area (Å²) in [4.78, 5) is 17.8. The van der Waals surface area contributed by atoms with E-state index >= 15 is 0 Å². The molecule has 0 unspecified atom stereocenters. The normalized spacial score (nSPS) is 8.89. The molecule has 9 heavy (non-hydrogen) atoms. The second-order valence-electron chi connectivity index (χ2n) is 0.717. The van der Waals surface area contributed by atoms with E-state index in [2.05, 4.69) is 0 Å². The third-order valence-electron chi connectivity index (χ3n) is 0.217. The molecule has 0 aromatic carbocycles. The van der Waals surface area contributed by atoms with Gasteiger partial charge in [0.15, 0.2) is 6.29 Å². The van der Waals surface area contributed by atoms with Crippen LogP contribution in [0.4, 0.5) is 0 Å². The Hall–Kier alpha value is -0.540. The lowest BCUT2D eigenvalue weighted by atomic mass is 10.7. The molecule has 0 aliphatic rings. The molecule has 0 aromatic heterocycles. The minimum atomic E-state index is -0.250. The Morgan fingerprint density at radius 3 is 1.78 bits per heavy atom. The minimum Gasteiger partial charge on any atom is -0.483 e. The molecule has 0 saturated carbocycles. The first-order valence-corrected chi connectivity index (χ1v) is 2.53. The van der Waals surface area contributed by atoms with Crippen molar-refractivity contribution in [3.8, 4) is 0 Å². The van der Waals surface area contributed by atoms with Crippen LogP contribution < -0.4 is 0 Å². The SMILES string of the molecule is O=C/C(Cl)=C/Cl.O=CO. The average Bonchev–Trinajstić information content (AvgIpc) is 1.88. The summed E-state index contributed by atoms with van der Waals surface area (Å²) in [6.07, 6.45) is 0.467. The maximum Gasteiger partial charge on any atom is 0.290 e. The average molecular weight is 171 g/mol. The molecule has 52 valence electrons. The number of hydrogen-bond acceptors (Lipinski definition) is 2. The third kappa shape index (κ3) is 18.6. The third-order valence-corrected chi connectivity index (χ3v) is 0.762. The molecular formula is C4H4Cl2O3. The standard InChI is InChI=1S/C3H2Cl2O.CH2O2/c4-1-3(5)2-6;2-1-3/h1-2H;1H,(H,2,3)/b3-1-;. The number of carbonyl (C=O) groups is 2. The maximum absolute atomic E-state index is 9.45. The minimum absolute atomic E-state index is 0.0247. The van der Waals surface area contributed by atoms with Crippen LogP contribution in [0, 0.1) is 0 Å². The van der Waals surface area contributed by atoms with E-state index in [1.807, 2.05) is 0 Å². The van der Waals surface area contributed by atoms with E-state index in [-0.39, 0.29) is 11.5 Å². The summed E-state index contributed by atoms with van der Waals surface area (Å²) in [6.45, 7) is -0.250. The fraction of sp³-hybridized carbons (Fsp3) is 0. The second-order valence-corrected chi connectivity index (χ2v) is 1.37. The number of halogens is 2. The highest BCUT2D eigenvalue weighted by molar-refractivity contribution is 6.43. The molecule has 0 heterocycles. The van der Waals surface area contributed by atoms with Crippen LogP contribution in [0.2, 0.25) is 0 Å². The van der Waals surface area contributed by atoms with Crippen molar-refractivity contribution in [3.63, 3.8) is 0 Å². The zero-order valence-electron chi connectivity index (χ0n) is 4.25. The number of allylic oxidation sites excluding steroid dienone is 1. The van der Waals surface area contributed by atoms with Crippen molar-refractivity contribution in [3.05, 3.63) is 10.6 Å². The molecule has 0 bridgehead atoms. The van der Waals surface area contributed by atoms with Crippen LogP contribution in [-0.2, 0) is 9.59 Å². The lowest BCUT2D eigenvalue weighted by Gasteiger charge is -1.68. The van der Waals surface area contributed by atoms with Crippen LogP contribution in [-0.4, -0.2) is 17.9 Å². The van der Waals surface area contributed by atoms with Gasteiger partial charge in [0, 0.05) is 5.54 Å². The van der Waals surface area contributed by atoms with Crippen LogP contribution in [0.1, 0.15) is 0 Å². The predicted molar refractivity (Wildman–Crippen MR) is 34.5 cm³/mol. The van der Waals surface area contributed by atoms with Gasteiger partial charge in [0.05, 0.1) is 5.03 Å². The van der Waals surface area contributed by atoms with Crippen LogP contribution >= 0.6 is 23.2 Å². The van der Waals surface area contributed by atoms with Crippen LogP contribution in [0.15, 0.2) is 10.6 Å². The van der Waals surface area contributed by atoms with Crippen LogP contribution in [0.25, 0.3) is 0 Å². The molecule has 0 saturated heterocycles. The molecule has 0 aromatic rings. The Balaban J connectivity index is 0. The number of aldehydes is 1. The van der Waals surface area contributed by atoms with Crippen molar-refractivity contribution >= 4 is 36.0 Å². The Labute approximate surface area is 61.9 Å². The smallest absolute Gasteiger partial charge is 0.290 e. The number of carbonyl (C=O) groups excluding carboxylic acids is 1. The Bertz CT molecular complexity index is 110. The first-order valence-electron chi connectivity index (χ1n) is 1.71. The molecule has 0 aliphatic heterocycles. The summed E-state index contributed by atoms with van der Waals surface area (Å²) in [5.74, 6) is 0. The van der Waals surface area contributed by atoms with E-state index < -0.39 is 0 Å². The van der Waals surface area contributed by atoms with Gasteiger partial charge in [-0.15, -0.1) is 0 Å². The molecular weight excluding hydrogens is 167 g/mol. The lowest BCUT2D eigenvalue weighted by molar-refractivity contribution is -0.122. The van der Waals surface area contributed by atoms with E-state index in [0.29, 0.717) is 6.29 Å². The molecule has 1 N–H and O–H groups in total.